The smallest absolute Gasteiger partial charge is 0.306 e. The summed E-state index contributed by atoms with van der Waals surface area (Å²) in [6.07, 6.45) is 78.2. The zero-order valence-corrected chi connectivity index (χ0v) is 46.5. The predicted molar refractivity (Wildman–Crippen MR) is 307 cm³/mol. The molecule has 0 N–H and O–H groups in total. The average Bonchev–Trinajstić information content (AvgIpc) is 3.37. The van der Waals surface area contributed by atoms with Gasteiger partial charge in [0.2, 0.25) is 0 Å². The lowest BCUT2D eigenvalue weighted by Crippen LogP contribution is -2.30. The van der Waals surface area contributed by atoms with Crippen LogP contribution in [0.1, 0.15) is 278 Å². The van der Waals surface area contributed by atoms with E-state index in [1.165, 1.54) is 116 Å². The van der Waals surface area contributed by atoms with Gasteiger partial charge < -0.3 is 14.2 Å². The summed E-state index contributed by atoms with van der Waals surface area (Å²) in [4.78, 5) is 38.2. The zero-order valence-electron chi connectivity index (χ0n) is 46.5. The summed E-state index contributed by atoms with van der Waals surface area (Å²) in [6, 6.07) is 0. The second kappa shape index (κ2) is 58.9. The molecule has 0 aromatic heterocycles. The lowest BCUT2D eigenvalue weighted by Gasteiger charge is -2.18. The molecule has 0 aliphatic carbocycles. The van der Waals surface area contributed by atoms with E-state index < -0.39 is 6.10 Å². The van der Waals surface area contributed by atoms with Crippen molar-refractivity contribution in [3.05, 3.63) is 97.2 Å². The van der Waals surface area contributed by atoms with Gasteiger partial charge in [0.15, 0.2) is 6.10 Å². The predicted octanol–water partition coefficient (Wildman–Crippen LogP) is 20.1. The topological polar surface area (TPSA) is 78.9 Å². The van der Waals surface area contributed by atoms with Crippen LogP contribution in [0.15, 0.2) is 97.2 Å². The Hall–Kier alpha value is -3.67. The molecular weight excluding hydrogens is 877 g/mol. The number of ether oxygens (including phenoxy) is 3. The minimum absolute atomic E-state index is 0.0876. The Morgan fingerprint density at radius 1 is 0.296 bits per heavy atom. The molecule has 0 bridgehead atoms. The Kier molecular flexibility index (Phi) is 55.9. The number of rotatable bonds is 53. The Bertz CT molecular complexity index is 1410. The molecule has 0 saturated carbocycles. The first-order chi connectivity index (χ1) is 35.0. The van der Waals surface area contributed by atoms with Crippen LogP contribution < -0.4 is 0 Å². The molecular formula is C65H110O6. The number of allylic oxidation sites excluding steroid dienone is 16. The number of unbranched alkanes of at least 4 members (excludes halogenated alkanes) is 26. The van der Waals surface area contributed by atoms with Gasteiger partial charge in [-0.3, -0.25) is 14.4 Å². The quantitative estimate of drug-likeness (QED) is 0.0261. The molecule has 6 nitrogen and oxygen atoms in total. The molecule has 0 saturated heterocycles. The van der Waals surface area contributed by atoms with Crippen molar-refractivity contribution in [2.75, 3.05) is 13.2 Å². The highest BCUT2D eigenvalue weighted by molar-refractivity contribution is 5.71. The fraction of sp³-hybridized carbons (Fsp3) is 0.708. The number of carbonyl (C=O) groups is 3. The van der Waals surface area contributed by atoms with Gasteiger partial charge in [0.1, 0.15) is 13.2 Å². The molecule has 0 amide bonds. The van der Waals surface area contributed by atoms with E-state index in [2.05, 4.69) is 118 Å². The van der Waals surface area contributed by atoms with E-state index in [1.54, 1.807) is 0 Å². The standard InChI is InChI=1S/C65H110O6/c1-4-7-10-13-16-19-22-25-27-29-31-32-33-34-35-37-38-40-43-46-49-52-55-58-64(67)70-61-62(60-69-63(66)57-54-51-48-45-42-24-21-18-15-12-9-6-3)71-65(68)59-56-53-50-47-44-41-39-36-30-28-26-23-20-17-14-11-8-5-2/h7,10,16,19-20,23,25,27-28,30-32,34-35,38,40,62H,4-6,8-9,11-15,17-18,21-22,24,26,29,33,36-37,39,41-61H2,1-3H3/b10-7-,19-16-,23-20-,27-25-,30-28-,32-31-,35-34-,40-38-. The summed E-state index contributed by atoms with van der Waals surface area (Å²) in [5, 5.41) is 0. The van der Waals surface area contributed by atoms with Crippen molar-refractivity contribution < 1.29 is 28.6 Å². The molecule has 406 valence electrons. The average molecular weight is 988 g/mol. The second-order valence-corrected chi connectivity index (χ2v) is 19.5. The van der Waals surface area contributed by atoms with Crippen LogP contribution in [0.25, 0.3) is 0 Å². The van der Waals surface area contributed by atoms with Crippen LogP contribution in [0.2, 0.25) is 0 Å². The van der Waals surface area contributed by atoms with E-state index in [1.807, 2.05) is 0 Å². The third-order valence-corrected chi connectivity index (χ3v) is 12.6. The van der Waals surface area contributed by atoms with E-state index in [-0.39, 0.29) is 31.1 Å². The lowest BCUT2D eigenvalue weighted by molar-refractivity contribution is -0.167. The Balaban J connectivity index is 4.41. The third kappa shape index (κ3) is 57.1. The van der Waals surface area contributed by atoms with Gasteiger partial charge >= 0.3 is 17.9 Å². The molecule has 0 rings (SSSR count). The molecule has 1 unspecified atom stereocenters. The van der Waals surface area contributed by atoms with Gasteiger partial charge in [-0.2, -0.15) is 0 Å². The first-order valence-corrected chi connectivity index (χ1v) is 29.7. The summed E-state index contributed by atoms with van der Waals surface area (Å²) in [7, 11) is 0. The van der Waals surface area contributed by atoms with Crippen LogP contribution in [0.4, 0.5) is 0 Å². The summed E-state index contributed by atoms with van der Waals surface area (Å²) in [5.41, 5.74) is 0. The maximum atomic E-state index is 12.9. The molecule has 0 radical (unpaired) electrons. The van der Waals surface area contributed by atoms with Crippen LogP contribution in [0.5, 0.6) is 0 Å². The van der Waals surface area contributed by atoms with Crippen molar-refractivity contribution in [1.29, 1.82) is 0 Å². The fourth-order valence-electron chi connectivity index (χ4n) is 8.12. The monoisotopic (exact) mass is 987 g/mol. The largest absolute Gasteiger partial charge is 0.462 e. The minimum atomic E-state index is -0.792. The maximum absolute atomic E-state index is 12.9. The zero-order chi connectivity index (χ0) is 51.4. The van der Waals surface area contributed by atoms with Gasteiger partial charge in [-0.25, -0.2) is 0 Å². The molecule has 0 aromatic carbocycles. The Morgan fingerprint density at radius 2 is 0.549 bits per heavy atom. The highest BCUT2D eigenvalue weighted by Gasteiger charge is 2.19. The normalized spacial score (nSPS) is 12.8. The number of hydrogen-bond donors (Lipinski definition) is 0. The van der Waals surface area contributed by atoms with E-state index >= 15 is 0 Å². The molecule has 0 aromatic rings. The summed E-state index contributed by atoms with van der Waals surface area (Å²) >= 11 is 0. The molecule has 0 aliphatic heterocycles. The lowest BCUT2D eigenvalue weighted by atomic mass is 10.0. The van der Waals surface area contributed by atoms with E-state index in [4.69, 9.17) is 14.2 Å². The van der Waals surface area contributed by atoms with Crippen LogP contribution in [-0.4, -0.2) is 37.2 Å². The molecule has 0 spiro atoms. The van der Waals surface area contributed by atoms with E-state index in [9.17, 15) is 14.4 Å². The number of carbonyl (C=O) groups excluding carboxylic acids is 3. The van der Waals surface area contributed by atoms with Gasteiger partial charge in [0, 0.05) is 19.3 Å². The molecule has 0 fully saturated rings. The highest BCUT2D eigenvalue weighted by Crippen LogP contribution is 2.15. The van der Waals surface area contributed by atoms with Crippen molar-refractivity contribution in [3.63, 3.8) is 0 Å². The van der Waals surface area contributed by atoms with Crippen molar-refractivity contribution in [2.24, 2.45) is 0 Å². The first-order valence-electron chi connectivity index (χ1n) is 29.7. The van der Waals surface area contributed by atoms with Crippen LogP contribution in [0.3, 0.4) is 0 Å². The van der Waals surface area contributed by atoms with Gasteiger partial charge in [-0.1, -0.05) is 253 Å². The maximum Gasteiger partial charge on any atom is 0.306 e. The van der Waals surface area contributed by atoms with Gasteiger partial charge in [0.25, 0.3) is 0 Å². The Labute approximate surface area is 438 Å². The van der Waals surface area contributed by atoms with Gasteiger partial charge in [-0.15, -0.1) is 0 Å². The Morgan fingerprint density at radius 3 is 0.873 bits per heavy atom. The molecule has 1 atom stereocenters. The third-order valence-electron chi connectivity index (χ3n) is 12.6. The van der Waals surface area contributed by atoms with E-state index in [0.29, 0.717) is 19.3 Å². The van der Waals surface area contributed by atoms with Crippen molar-refractivity contribution in [1.82, 2.24) is 0 Å². The fourth-order valence-corrected chi connectivity index (χ4v) is 8.12. The summed E-state index contributed by atoms with van der Waals surface area (Å²) in [6.45, 7) is 6.49. The second-order valence-electron chi connectivity index (χ2n) is 19.5. The van der Waals surface area contributed by atoms with Crippen molar-refractivity contribution in [3.8, 4) is 0 Å². The van der Waals surface area contributed by atoms with E-state index in [0.717, 1.165) is 122 Å². The minimum Gasteiger partial charge on any atom is -0.462 e. The molecule has 6 heteroatoms. The number of hydrogen-bond acceptors (Lipinski definition) is 6. The van der Waals surface area contributed by atoms with Crippen LogP contribution >= 0.6 is 0 Å². The number of esters is 3. The van der Waals surface area contributed by atoms with Crippen molar-refractivity contribution >= 4 is 17.9 Å². The van der Waals surface area contributed by atoms with Gasteiger partial charge in [-0.05, 0) is 103 Å². The van der Waals surface area contributed by atoms with Gasteiger partial charge in [0.05, 0.1) is 0 Å². The highest BCUT2D eigenvalue weighted by atomic mass is 16.6. The first kappa shape index (κ1) is 67.3. The van der Waals surface area contributed by atoms with Crippen LogP contribution in [-0.2, 0) is 28.6 Å². The van der Waals surface area contributed by atoms with Crippen molar-refractivity contribution in [2.45, 2.75) is 284 Å². The SMILES string of the molecule is CC/C=C\C/C=C\C/C=C\C/C=C\C/C=C\C/C=C\CCCCCCC(=O)OCC(COC(=O)CCCCCCCCCCCCCC)OC(=O)CCCCCCCCC/C=C\C/C=C\CCCCCC. The molecule has 71 heavy (non-hydrogen) atoms. The van der Waals surface area contributed by atoms with Crippen LogP contribution in [0, 0.1) is 0 Å². The molecule has 0 heterocycles. The molecule has 0 aliphatic rings. The summed E-state index contributed by atoms with van der Waals surface area (Å²) in [5.74, 6) is -0.916. The summed E-state index contributed by atoms with van der Waals surface area (Å²) < 4.78 is 16.9.